The topological polar surface area (TPSA) is 43.2 Å². The summed E-state index contributed by atoms with van der Waals surface area (Å²) in [6.45, 7) is 1.81. The van der Waals surface area contributed by atoms with Crippen molar-refractivity contribution in [3.63, 3.8) is 0 Å². The maximum Gasteiger partial charge on any atom is 0.161 e. The minimum absolute atomic E-state index is 0.285. The predicted molar refractivity (Wildman–Crippen MR) is 71.1 cm³/mol. The molecule has 3 rings (SSSR count). The number of fused-ring (bicyclic) bond motifs is 1. The molecule has 1 fully saturated rings. The van der Waals surface area contributed by atoms with Crippen LogP contribution in [0, 0.1) is 0 Å². The minimum atomic E-state index is 0.285. The highest BCUT2D eigenvalue weighted by Gasteiger charge is 2.24. The smallest absolute Gasteiger partial charge is 0.161 e. The van der Waals surface area contributed by atoms with Gasteiger partial charge in [0.1, 0.15) is 5.82 Å². The van der Waals surface area contributed by atoms with Crippen LogP contribution in [-0.2, 0) is 11.8 Å². The molecule has 1 saturated heterocycles. The standard InChI is InChI=1S/C12H15ClN4O/c1-16-12-9(6-14-16)10(13)5-11(15-12)17-4-3-8(7-17)18-2/h5-6,8H,3-4,7H2,1-2H3/t8-/m1/s1. The zero-order chi connectivity index (χ0) is 12.7. The van der Waals surface area contributed by atoms with Crippen molar-refractivity contribution in [2.75, 3.05) is 25.1 Å². The average molecular weight is 267 g/mol. The molecular formula is C12H15ClN4O. The highest BCUT2D eigenvalue weighted by atomic mass is 35.5. The molecule has 0 amide bonds. The Bertz CT molecular complexity index is 583. The van der Waals surface area contributed by atoms with Crippen LogP contribution >= 0.6 is 11.6 Å². The van der Waals surface area contributed by atoms with E-state index in [0.717, 1.165) is 36.4 Å². The first-order valence-corrected chi connectivity index (χ1v) is 6.33. The van der Waals surface area contributed by atoms with E-state index in [2.05, 4.69) is 15.0 Å². The third-order valence-electron chi connectivity index (χ3n) is 3.44. The fourth-order valence-electron chi connectivity index (χ4n) is 2.35. The number of anilines is 1. The van der Waals surface area contributed by atoms with E-state index in [1.807, 2.05) is 13.1 Å². The molecule has 0 aliphatic carbocycles. The lowest BCUT2D eigenvalue weighted by molar-refractivity contribution is 0.121. The summed E-state index contributed by atoms with van der Waals surface area (Å²) in [7, 11) is 3.62. The first-order chi connectivity index (χ1) is 8.69. The molecule has 1 atom stereocenters. The summed E-state index contributed by atoms with van der Waals surface area (Å²) in [5, 5.41) is 5.77. The third kappa shape index (κ3) is 1.83. The van der Waals surface area contributed by atoms with Crippen molar-refractivity contribution < 1.29 is 4.74 Å². The van der Waals surface area contributed by atoms with Gasteiger partial charge in [-0.25, -0.2) is 4.98 Å². The SMILES string of the molecule is CO[C@@H]1CCN(c2cc(Cl)c3cnn(C)c3n2)C1. The molecule has 1 aliphatic rings. The molecule has 6 heteroatoms. The Balaban J connectivity index is 2.00. The number of aromatic nitrogens is 3. The van der Waals surface area contributed by atoms with Gasteiger partial charge in [-0.1, -0.05) is 11.6 Å². The highest BCUT2D eigenvalue weighted by molar-refractivity contribution is 6.35. The molecule has 0 bridgehead atoms. The maximum absolute atomic E-state index is 6.27. The largest absolute Gasteiger partial charge is 0.380 e. The number of hydrogen-bond donors (Lipinski definition) is 0. The van der Waals surface area contributed by atoms with Gasteiger partial charge < -0.3 is 9.64 Å². The second kappa shape index (κ2) is 4.40. The summed E-state index contributed by atoms with van der Waals surface area (Å²) in [6, 6.07) is 1.91. The van der Waals surface area contributed by atoms with E-state index in [9.17, 15) is 0 Å². The van der Waals surface area contributed by atoms with Crippen molar-refractivity contribution in [3.05, 3.63) is 17.3 Å². The molecule has 0 spiro atoms. The molecule has 96 valence electrons. The van der Waals surface area contributed by atoms with Crippen LogP contribution in [0.3, 0.4) is 0 Å². The fraction of sp³-hybridized carbons (Fsp3) is 0.500. The normalized spacial score (nSPS) is 19.9. The van der Waals surface area contributed by atoms with Crippen LogP contribution in [0.25, 0.3) is 11.0 Å². The van der Waals surface area contributed by atoms with Crippen LogP contribution in [0.4, 0.5) is 5.82 Å². The Morgan fingerprint density at radius 3 is 3.06 bits per heavy atom. The molecule has 18 heavy (non-hydrogen) atoms. The van der Waals surface area contributed by atoms with Gasteiger partial charge in [0, 0.05) is 33.3 Å². The molecule has 0 radical (unpaired) electrons. The first kappa shape index (κ1) is 11.7. The number of hydrogen-bond acceptors (Lipinski definition) is 4. The van der Waals surface area contributed by atoms with E-state index in [-0.39, 0.29) is 6.10 Å². The Labute approximate surface area is 110 Å². The molecule has 0 aromatic carbocycles. The molecule has 5 nitrogen and oxygen atoms in total. The minimum Gasteiger partial charge on any atom is -0.380 e. The number of aryl methyl sites for hydroxylation is 1. The van der Waals surface area contributed by atoms with Crippen molar-refractivity contribution in [2.24, 2.45) is 7.05 Å². The fourth-order valence-corrected chi connectivity index (χ4v) is 2.59. The van der Waals surface area contributed by atoms with Gasteiger partial charge in [0.25, 0.3) is 0 Å². The van der Waals surface area contributed by atoms with Gasteiger partial charge in [0.05, 0.1) is 22.7 Å². The molecule has 0 unspecified atom stereocenters. The van der Waals surface area contributed by atoms with Gasteiger partial charge in [-0.3, -0.25) is 4.68 Å². The monoisotopic (exact) mass is 266 g/mol. The van der Waals surface area contributed by atoms with Crippen LogP contribution < -0.4 is 4.90 Å². The molecule has 3 heterocycles. The number of halogens is 1. The van der Waals surface area contributed by atoms with Crippen molar-refractivity contribution in [2.45, 2.75) is 12.5 Å². The van der Waals surface area contributed by atoms with Gasteiger partial charge >= 0.3 is 0 Å². The first-order valence-electron chi connectivity index (χ1n) is 5.95. The summed E-state index contributed by atoms with van der Waals surface area (Å²) < 4.78 is 7.11. The maximum atomic E-state index is 6.27. The second-order valence-corrected chi connectivity index (χ2v) is 4.97. The summed E-state index contributed by atoms with van der Waals surface area (Å²) in [5.74, 6) is 0.899. The summed E-state index contributed by atoms with van der Waals surface area (Å²) in [5.41, 5.74) is 0.818. The van der Waals surface area contributed by atoms with E-state index < -0.39 is 0 Å². The number of rotatable bonds is 2. The Kier molecular flexibility index (Phi) is 2.87. The van der Waals surface area contributed by atoms with Crippen molar-refractivity contribution in [1.29, 1.82) is 0 Å². The van der Waals surface area contributed by atoms with Gasteiger partial charge in [-0.05, 0) is 6.42 Å². The van der Waals surface area contributed by atoms with Crippen molar-refractivity contribution in [3.8, 4) is 0 Å². The van der Waals surface area contributed by atoms with E-state index in [0.29, 0.717) is 5.02 Å². The van der Waals surface area contributed by atoms with Crippen LogP contribution in [0.5, 0.6) is 0 Å². The number of pyridine rings is 1. The summed E-state index contributed by atoms with van der Waals surface area (Å²) >= 11 is 6.27. The average Bonchev–Trinajstić information content (AvgIpc) is 2.97. The zero-order valence-electron chi connectivity index (χ0n) is 10.4. The Hall–Kier alpha value is -1.33. The zero-order valence-corrected chi connectivity index (χ0v) is 11.2. The van der Waals surface area contributed by atoms with Gasteiger partial charge in [0.2, 0.25) is 0 Å². The summed E-state index contributed by atoms with van der Waals surface area (Å²) in [6.07, 6.45) is 3.06. The van der Waals surface area contributed by atoms with E-state index >= 15 is 0 Å². The van der Waals surface area contributed by atoms with Crippen LogP contribution in [0.2, 0.25) is 5.02 Å². The summed E-state index contributed by atoms with van der Waals surface area (Å²) in [4.78, 5) is 6.83. The number of nitrogens with zero attached hydrogens (tertiary/aromatic N) is 4. The number of methoxy groups -OCH3 is 1. The predicted octanol–water partition coefficient (Wildman–Crippen LogP) is 1.85. The lowest BCUT2D eigenvalue weighted by Gasteiger charge is -2.17. The number of ether oxygens (including phenoxy) is 1. The lowest BCUT2D eigenvalue weighted by atomic mass is 10.3. The quantitative estimate of drug-likeness (QED) is 0.832. The Morgan fingerprint density at radius 1 is 1.50 bits per heavy atom. The lowest BCUT2D eigenvalue weighted by Crippen LogP contribution is -2.23. The van der Waals surface area contributed by atoms with Gasteiger partial charge in [-0.15, -0.1) is 0 Å². The highest BCUT2D eigenvalue weighted by Crippen LogP contribution is 2.28. The van der Waals surface area contributed by atoms with Crippen LogP contribution in [0.15, 0.2) is 12.3 Å². The molecular weight excluding hydrogens is 252 g/mol. The van der Waals surface area contributed by atoms with Crippen LogP contribution in [-0.4, -0.2) is 41.1 Å². The van der Waals surface area contributed by atoms with E-state index in [4.69, 9.17) is 16.3 Å². The molecule has 2 aromatic heterocycles. The molecule has 2 aromatic rings. The third-order valence-corrected chi connectivity index (χ3v) is 3.76. The van der Waals surface area contributed by atoms with E-state index in [1.54, 1.807) is 18.0 Å². The van der Waals surface area contributed by atoms with Gasteiger partial charge in [0.15, 0.2) is 5.65 Å². The molecule has 1 aliphatic heterocycles. The van der Waals surface area contributed by atoms with Crippen LogP contribution in [0.1, 0.15) is 6.42 Å². The van der Waals surface area contributed by atoms with Crippen molar-refractivity contribution in [1.82, 2.24) is 14.8 Å². The van der Waals surface area contributed by atoms with E-state index in [1.165, 1.54) is 0 Å². The van der Waals surface area contributed by atoms with Crippen molar-refractivity contribution >= 4 is 28.5 Å². The van der Waals surface area contributed by atoms with Gasteiger partial charge in [-0.2, -0.15) is 5.10 Å². The Morgan fingerprint density at radius 2 is 2.33 bits per heavy atom. The molecule has 0 N–H and O–H groups in total. The second-order valence-electron chi connectivity index (χ2n) is 4.56. The molecule has 0 saturated carbocycles.